The minimum Gasteiger partial charge on any atom is -0.341 e. The van der Waals surface area contributed by atoms with Crippen LogP contribution in [-0.4, -0.2) is 11.5 Å². The van der Waals surface area contributed by atoms with E-state index in [9.17, 15) is 4.39 Å². The maximum atomic E-state index is 13.6. The minimum atomic E-state index is -0.220. The monoisotopic (exact) mass is 278 g/mol. The van der Waals surface area contributed by atoms with E-state index >= 15 is 0 Å². The van der Waals surface area contributed by atoms with Gasteiger partial charge in [-0.3, -0.25) is 4.98 Å². The molecule has 3 aromatic rings. The van der Waals surface area contributed by atoms with Crippen molar-refractivity contribution in [2.45, 2.75) is 12.8 Å². The predicted molar refractivity (Wildman–Crippen MR) is 83.5 cm³/mol. The van der Waals surface area contributed by atoms with E-state index in [1.165, 1.54) is 17.3 Å². The largest absolute Gasteiger partial charge is 0.341 e. The molecule has 2 heterocycles. The zero-order chi connectivity index (χ0) is 14.2. The van der Waals surface area contributed by atoms with Crippen molar-refractivity contribution in [2.75, 3.05) is 11.4 Å². The molecule has 4 rings (SSSR count). The number of halogens is 1. The molecule has 0 fully saturated rings. The fourth-order valence-electron chi connectivity index (χ4n) is 3.12. The third kappa shape index (κ3) is 2.05. The summed E-state index contributed by atoms with van der Waals surface area (Å²) in [7, 11) is 0. The first kappa shape index (κ1) is 12.3. The van der Waals surface area contributed by atoms with E-state index in [1.807, 2.05) is 6.07 Å². The predicted octanol–water partition coefficient (Wildman–Crippen LogP) is 4.46. The zero-order valence-electron chi connectivity index (χ0n) is 11.6. The Labute approximate surface area is 122 Å². The SMILES string of the molecule is Fc1ccc2nccc(N3CCCc4ccccc43)c2c1. The first-order valence-corrected chi connectivity index (χ1v) is 7.23. The molecule has 0 atom stereocenters. The van der Waals surface area contributed by atoms with Crippen LogP contribution in [0.2, 0.25) is 0 Å². The molecule has 0 spiro atoms. The summed E-state index contributed by atoms with van der Waals surface area (Å²) in [6, 6.07) is 15.2. The van der Waals surface area contributed by atoms with Crippen molar-refractivity contribution in [3.05, 3.63) is 66.1 Å². The van der Waals surface area contributed by atoms with Crippen LogP contribution in [0.15, 0.2) is 54.7 Å². The van der Waals surface area contributed by atoms with Crippen molar-refractivity contribution in [3.63, 3.8) is 0 Å². The second-order valence-electron chi connectivity index (χ2n) is 5.38. The number of hydrogen-bond donors (Lipinski definition) is 0. The molecule has 0 unspecified atom stereocenters. The molecular weight excluding hydrogens is 263 g/mol. The Kier molecular flexibility index (Phi) is 2.85. The van der Waals surface area contributed by atoms with Crippen LogP contribution in [0.25, 0.3) is 10.9 Å². The van der Waals surface area contributed by atoms with E-state index in [0.29, 0.717) is 0 Å². The topological polar surface area (TPSA) is 16.1 Å². The van der Waals surface area contributed by atoms with Gasteiger partial charge < -0.3 is 4.90 Å². The van der Waals surface area contributed by atoms with Gasteiger partial charge in [-0.15, -0.1) is 0 Å². The molecule has 0 aliphatic carbocycles. The van der Waals surface area contributed by atoms with Gasteiger partial charge in [0.2, 0.25) is 0 Å². The van der Waals surface area contributed by atoms with Gasteiger partial charge in [0.1, 0.15) is 5.82 Å². The number of hydrogen-bond acceptors (Lipinski definition) is 2. The van der Waals surface area contributed by atoms with Gasteiger partial charge in [0.15, 0.2) is 0 Å². The molecule has 1 aliphatic rings. The maximum Gasteiger partial charge on any atom is 0.124 e. The Hall–Kier alpha value is -2.42. The smallest absolute Gasteiger partial charge is 0.124 e. The van der Waals surface area contributed by atoms with Gasteiger partial charge >= 0.3 is 0 Å². The Bertz CT molecular complexity index is 813. The van der Waals surface area contributed by atoms with Crippen molar-refractivity contribution in [3.8, 4) is 0 Å². The molecule has 0 N–H and O–H groups in total. The number of anilines is 2. The number of fused-ring (bicyclic) bond motifs is 2. The Morgan fingerprint density at radius 2 is 1.90 bits per heavy atom. The van der Waals surface area contributed by atoms with Gasteiger partial charge in [-0.05, 0) is 48.7 Å². The Morgan fingerprint density at radius 3 is 2.86 bits per heavy atom. The van der Waals surface area contributed by atoms with Crippen LogP contribution in [0.1, 0.15) is 12.0 Å². The number of aryl methyl sites for hydroxylation is 1. The number of aromatic nitrogens is 1. The quantitative estimate of drug-likeness (QED) is 0.653. The van der Waals surface area contributed by atoms with Crippen LogP contribution in [0.4, 0.5) is 15.8 Å². The third-order valence-corrected chi connectivity index (χ3v) is 4.08. The van der Waals surface area contributed by atoms with Gasteiger partial charge in [-0.2, -0.15) is 0 Å². The number of para-hydroxylation sites is 1. The summed E-state index contributed by atoms with van der Waals surface area (Å²) in [6.07, 6.45) is 4.01. The number of benzene rings is 2. The highest BCUT2D eigenvalue weighted by atomic mass is 19.1. The first-order valence-electron chi connectivity index (χ1n) is 7.23. The summed E-state index contributed by atoms with van der Waals surface area (Å²) in [5, 5.41) is 0.870. The van der Waals surface area contributed by atoms with Gasteiger partial charge in [0, 0.05) is 23.8 Å². The summed E-state index contributed by atoms with van der Waals surface area (Å²) >= 11 is 0. The summed E-state index contributed by atoms with van der Waals surface area (Å²) in [4.78, 5) is 6.62. The average Bonchev–Trinajstić information content (AvgIpc) is 2.54. The molecule has 0 saturated carbocycles. The standard InChI is InChI=1S/C18H15FN2/c19-14-7-8-16-15(12-14)18(9-10-20-16)21-11-3-5-13-4-1-2-6-17(13)21/h1-2,4,6-10,12H,3,5,11H2. The fourth-order valence-corrected chi connectivity index (χ4v) is 3.12. The molecule has 0 radical (unpaired) electrons. The lowest BCUT2D eigenvalue weighted by Gasteiger charge is -2.32. The molecule has 1 aliphatic heterocycles. The lowest BCUT2D eigenvalue weighted by molar-refractivity contribution is 0.629. The fraction of sp³-hybridized carbons (Fsp3) is 0.167. The van der Waals surface area contributed by atoms with E-state index in [0.717, 1.165) is 36.0 Å². The molecule has 2 nitrogen and oxygen atoms in total. The molecule has 1 aromatic heterocycles. The van der Waals surface area contributed by atoms with Crippen molar-refractivity contribution >= 4 is 22.3 Å². The van der Waals surface area contributed by atoms with Crippen LogP contribution in [0.5, 0.6) is 0 Å². The van der Waals surface area contributed by atoms with Gasteiger partial charge in [0.25, 0.3) is 0 Å². The molecule has 0 amide bonds. The summed E-state index contributed by atoms with van der Waals surface area (Å²) < 4.78 is 13.6. The Balaban J connectivity index is 1.94. The summed E-state index contributed by atoms with van der Waals surface area (Å²) in [6.45, 7) is 0.951. The number of rotatable bonds is 1. The van der Waals surface area contributed by atoms with Gasteiger partial charge in [-0.1, -0.05) is 18.2 Å². The van der Waals surface area contributed by atoms with Crippen molar-refractivity contribution in [1.29, 1.82) is 0 Å². The molecular formula is C18H15FN2. The van der Waals surface area contributed by atoms with Gasteiger partial charge in [-0.25, -0.2) is 4.39 Å². The average molecular weight is 278 g/mol. The van der Waals surface area contributed by atoms with E-state index < -0.39 is 0 Å². The minimum absolute atomic E-state index is 0.220. The number of nitrogens with zero attached hydrogens (tertiary/aromatic N) is 2. The third-order valence-electron chi connectivity index (χ3n) is 4.08. The van der Waals surface area contributed by atoms with Crippen LogP contribution >= 0.6 is 0 Å². The lowest BCUT2D eigenvalue weighted by atomic mass is 10.0. The van der Waals surface area contributed by atoms with Crippen LogP contribution in [-0.2, 0) is 6.42 Å². The van der Waals surface area contributed by atoms with Crippen molar-refractivity contribution in [1.82, 2.24) is 4.98 Å². The zero-order valence-corrected chi connectivity index (χ0v) is 11.6. The highest BCUT2D eigenvalue weighted by molar-refractivity contribution is 5.94. The molecule has 2 aromatic carbocycles. The summed E-state index contributed by atoms with van der Waals surface area (Å²) in [5.41, 5.74) is 4.44. The number of pyridine rings is 1. The van der Waals surface area contributed by atoms with Crippen LogP contribution in [0, 0.1) is 5.82 Å². The van der Waals surface area contributed by atoms with E-state index in [2.05, 4.69) is 34.1 Å². The molecule has 21 heavy (non-hydrogen) atoms. The second-order valence-corrected chi connectivity index (χ2v) is 5.38. The molecule has 104 valence electrons. The van der Waals surface area contributed by atoms with Crippen LogP contribution < -0.4 is 4.90 Å². The van der Waals surface area contributed by atoms with E-state index in [-0.39, 0.29) is 5.82 Å². The normalized spacial score (nSPS) is 14.2. The highest BCUT2D eigenvalue weighted by Crippen LogP contribution is 2.36. The highest BCUT2D eigenvalue weighted by Gasteiger charge is 2.19. The molecule has 3 heteroatoms. The van der Waals surface area contributed by atoms with Gasteiger partial charge in [0.05, 0.1) is 11.2 Å². The van der Waals surface area contributed by atoms with E-state index in [1.54, 1.807) is 18.3 Å². The summed E-state index contributed by atoms with van der Waals surface area (Å²) in [5.74, 6) is -0.220. The van der Waals surface area contributed by atoms with Crippen molar-refractivity contribution in [2.24, 2.45) is 0 Å². The maximum absolute atomic E-state index is 13.6. The van der Waals surface area contributed by atoms with Crippen LogP contribution in [0.3, 0.4) is 0 Å². The molecule has 0 bridgehead atoms. The lowest BCUT2D eigenvalue weighted by Crippen LogP contribution is -2.24. The van der Waals surface area contributed by atoms with E-state index in [4.69, 9.17) is 0 Å². The second kappa shape index (κ2) is 4.85. The Morgan fingerprint density at radius 1 is 1.00 bits per heavy atom. The van der Waals surface area contributed by atoms with Crippen molar-refractivity contribution < 1.29 is 4.39 Å². The molecule has 0 saturated heterocycles. The first-order chi connectivity index (χ1) is 10.3.